The first-order valence-electron chi connectivity index (χ1n) is 5.42. The summed E-state index contributed by atoms with van der Waals surface area (Å²) in [6, 6.07) is 4.84. The molecule has 2 N–H and O–H groups in total. The van der Waals surface area contributed by atoms with Gasteiger partial charge in [0.05, 0.1) is 0 Å². The molecule has 0 aromatic heterocycles. The molecule has 1 amide bonds. The molecule has 4 nitrogen and oxygen atoms in total. The number of likely N-dealkylation sites (N-methyl/N-ethyl adjacent to an activating group) is 1. The number of hydrogen-bond donors (Lipinski definition) is 2. The number of rotatable bonds is 6. The van der Waals surface area contributed by atoms with Gasteiger partial charge in [0.2, 0.25) is 6.41 Å². The first-order chi connectivity index (χ1) is 8.08. The molecule has 17 heavy (non-hydrogen) atoms. The molecule has 0 fully saturated rings. The van der Waals surface area contributed by atoms with Crippen molar-refractivity contribution in [2.45, 2.75) is 13.3 Å². The van der Waals surface area contributed by atoms with E-state index < -0.39 is 7.12 Å². The summed E-state index contributed by atoms with van der Waals surface area (Å²) in [5.74, 6) is 0. The Hall–Kier alpha value is -1.04. The van der Waals surface area contributed by atoms with Crippen LogP contribution >= 0.6 is 11.6 Å². The van der Waals surface area contributed by atoms with Gasteiger partial charge < -0.3 is 14.9 Å². The molecule has 0 heterocycles. The lowest BCUT2D eigenvalue weighted by atomic mass is 9.79. The summed E-state index contributed by atoms with van der Waals surface area (Å²) < 4.78 is 0. The Labute approximate surface area is 106 Å². The fourth-order valence-corrected chi connectivity index (χ4v) is 1.71. The number of halogens is 1. The van der Waals surface area contributed by atoms with Crippen LogP contribution in [0.1, 0.15) is 12.5 Å². The third-order valence-corrected chi connectivity index (χ3v) is 2.96. The highest BCUT2D eigenvalue weighted by atomic mass is 35.5. The standard InChI is InChI=1S/C11H15BClNO3/c1-2-14(8-15)6-5-9-7-10(12(16)17)3-4-11(9)13/h3-4,7-8,16-17H,2,5-6H2,1H3. The van der Waals surface area contributed by atoms with Crippen LogP contribution in [0.5, 0.6) is 0 Å². The molecule has 0 bridgehead atoms. The topological polar surface area (TPSA) is 60.8 Å². The van der Waals surface area contributed by atoms with Crippen molar-refractivity contribution >= 4 is 30.6 Å². The van der Waals surface area contributed by atoms with Crippen LogP contribution in [0.3, 0.4) is 0 Å². The number of carbonyl (C=O) groups is 1. The molecule has 0 radical (unpaired) electrons. The summed E-state index contributed by atoms with van der Waals surface area (Å²) in [5.41, 5.74) is 1.20. The SMILES string of the molecule is CCN(C=O)CCc1cc(B(O)O)ccc1Cl. The molecule has 6 heteroatoms. The van der Waals surface area contributed by atoms with Gasteiger partial charge in [0.1, 0.15) is 0 Å². The van der Waals surface area contributed by atoms with E-state index in [1.54, 1.807) is 23.1 Å². The first-order valence-corrected chi connectivity index (χ1v) is 5.80. The number of amides is 1. The van der Waals surface area contributed by atoms with Gasteiger partial charge in [-0.05, 0) is 30.4 Å². The maximum Gasteiger partial charge on any atom is 0.488 e. The predicted molar refractivity (Wildman–Crippen MR) is 68.3 cm³/mol. The van der Waals surface area contributed by atoms with Crippen LogP contribution in [0.25, 0.3) is 0 Å². The first kappa shape index (κ1) is 14.0. The van der Waals surface area contributed by atoms with E-state index in [4.69, 9.17) is 21.6 Å². The van der Waals surface area contributed by atoms with Crippen molar-refractivity contribution < 1.29 is 14.8 Å². The molecule has 0 saturated heterocycles. The zero-order chi connectivity index (χ0) is 12.8. The normalized spacial score (nSPS) is 10.1. The van der Waals surface area contributed by atoms with Crippen molar-refractivity contribution in [2.24, 2.45) is 0 Å². The second kappa shape index (κ2) is 6.64. The van der Waals surface area contributed by atoms with Gasteiger partial charge >= 0.3 is 7.12 Å². The molecule has 0 unspecified atom stereocenters. The number of nitrogens with zero attached hydrogens (tertiary/aromatic N) is 1. The van der Waals surface area contributed by atoms with Gasteiger partial charge in [-0.3, -0.25) is 4.79 Å². The molecule has 1 rings (SSSR count). The minimum absolute atomic E-state index is 0.401. The van der Waals surface area contributed by atoms with E-state index in [-0.39, 0.29) is 0 Å². The molecule has 1 aromatic carbocycles. The second-order valence-electron chi connectivity index (χ2n) is 3.71. The number of hydrogen-bond acceptors (Lipinski definition) is 3. The summed E-state index contributed by atoms with van der Waals surface area (Å²) in [6.07, 6.45) is 1.38. The van der Waals surface area contributed by atoms with Gasteiger partial charge in [-0.1, -0.05) is 23.7 Å². The highest BCUT2D eigenvalue weighted by Gasteiger charge is 2.13. The van der Waals surface area contributed by atoms with E-state index >= 15 is 0 Å². The fraction of sp³-hybridized carbons (Fsp3) is 0.364. The van der Waals surface area contributed by atoms with Crippen molar-refractivity contribution in [3.8, 4) is 0 Å². The van der Waals surface area contributed by atoms with Crippen LogP contribution in [0.2, 0.25) is 5.02 Å². The van der Waals surface area contributed by atoms with Crippen LogP contribution in [0.4, 0.5) is 0 Å². The van der Waals surface area contributed by atoms with E-state index in [1.807, 2.05) is 6.92 Å². The average Bonchev–Trinajstić information content (AvgIpc) is 2.32. The van der Waals surface area contributed by atoms with Crippen LogP contribution in [0, 0.1) is 0 Å². The van der Waals surface area contributed by atoms with Crippen molar-refractivity contribution in [2.75, 3.05) is 13.1 Å². The molecule has 0 aliphatic carbocycles. The van der Waals surface area contributed by atoms with Crippen molar-refractivity contribution in [1.29, 1.82) is 0 Å². The van der Waals surface area contributed by atoms with E-state index in [9.17, 15) is 4.79 Å². The number of carbonyl (C=O) groups excluding carboxylic acids is 1. The Kier molecular flexibility index (Phi) is 5.48. The average molecular weight is 256 g/mol. The zero-order valence-corrected chi connectivity index (χ0v) is 10.4. The molecule has 92 valence electrons. The summed E-state index contributed by atoms with van der Waals surface area (Å²) >= 11 is 6.00. The van der Waals surface area contributed by atoms with E-state index in [2.05, 4.69) is 0 Å². The summed E-state index contributed by atoms with van der Waals surface area (Å²) in [4.78, 5) is 12.3. The molecule has 0 aliphatic heterocycles. The minimum Gasteiger partial charge on any atom is -0.423 e. The Morgan fingerprint density at radius 2 is 2.18 bits per heavy atom. The Balaban J connectivity index is 2.75. The second-order valence-corrected chi connectivity index (χ2v) is 4.12. The zero-order valence-electron chi connectivity index (χ0n) is 9.64. The molecule has 0 saturated carbocycles. The highest BCUT2D eigenvalue weighted by molar-refractivity contribution is 6.58. The maximum atomic E-state index is 10.6. The van der Waals surface area contributed by atoms with Crippen LogP contribution in [-0.2, 0) is 11.2 Å². The van der Waals surface area contributed by atoms with Gasteiger partial charge in [-0.15, -0.1) is 0 Å². The summed E-state index contributed by atoms with van der Waals surface area (Å²) in [6.45, 7) is 3.10. The quantitative estimate of drug-likeness (QED) is 0.557. The van der Waals surface area contributed by atoms with Gasteiger partial charge in [0.15, 0.2) is 0 Å². The fourth-order valence-electron chi connectivity index (χ4n) is 1.50. The third kappa shape index (κ3) is 4.04. The van der Waals surface area contributed by atoms with E-state index in [0.29, 0.717) is 30.0 Å². The van der Waals surface area contributed by atoms with E-state index in [0.717, 1.165) is 12.0 Å². The lowest BCUT2D eigenvalue weighted by Crippen LogP contribution is -2.30. The Morgan fingerprint density at radius 1 is 1.47 bits per heavy atom. The third-order valence-electron chi connectivity index (χ3n) is 2.59. The van der Waals surface area contributed by atoms with Gasteiger partial charge in [-0.25, -0.2) is 0 Å². The summed E-state index contributed by atoms with van der Waals surface area (Å²) in [7, 11) is -1.50. The van der Waals surface area contributed by atoms with E-state index in [1.165, 1.54) is 0 Å². The molecular formula is C11H15BClNO3. The number of benzene rings is 1. The largest absolute Gasteiger partial charge is 0.488 e. The summed E-state index contributed by atoms with van der Waals surface area (Å²) in [5, 5.41) is 18.7. The van der Waals surface area contributed by atoms with Crippen LogP contribution in [0.15, 0.2) is 18.2 Å². The van der Waals surface area contributed by atoms with Gasteiger partial charge in [0, 0.05) is 18.1 Å². The molecular weight excluding hydrogens is 240 g/mol. The molecule has 1 aromatic rings. The Morgan fingerprint density at radius 3 is 2.71 bits per heavy atom. The van der Waals surface area contributed by atoms with Crippen molar-refractivity contribution in [3.63, 3.8) is 0 Å². The molecule has 0 atom stereocenters. The van der Waals surface area contributed by atoms with Crippen LogP contribution < -0.4 is 5.46 Å². The molecule has 0 spiro atoms. The maximum absolute atomic E-state index is 10.6. The lowest BCUT2D eigenvalue weighted by Gasteiger charge is -2.15. The van der Waals surface area contributed by atoms with Crippen molar-refractivity contribution in [3.05, 3.63) is 28.8 Å². The van der Waals surface area contributed by atoms with Crippen molar-refractivity contribution in [1.82, 2.24) is 4.90 Å². The predicted octanol–water partition coefficient (Wildman–Crippen LogP) is 0.0406. The lowest BCUT2D eigenvalue weighted by molar-refractivity contribution is -0.117. The smallest absolute Gasteiger partial charge is 0.423 e. The van der Waals surface area contributed by atoms with Gasteiger partial charge in [-0.2, -0.15) is 0 Å². The van der Waals surface area contributed by atoms with Crippen LogP contribution in [-0.4, -0.2) is 41.6 Å². The molecule has 0 aliphatic rings. The monoisotopic (exact) mass is 255 g/mol. The van der Waals surface area contributed by atoms with Gasteiger partial charge in [0.25, 0.3) is 0 Å². The Bertz CT molecular complexity index is 387. The minimum atomic E-state index is -1.50. The highest BCUT2D eigenvalue weighted by Crippen LogP contribution is 2.15.